The van der Waals surface area contributed by atoms with Crippen LogP contribution in [0.3, 0.4) is 0 Å². The summed E-state index contributed by atoms with van der Waals surface area (Å²) in [5, 5.41) is 4.27. The molecule has 3 heterocycles. The standard InChI is InChI=1S/C18H24N4OS/c1-3-21-11-6-9-15(21)17-16(14-8-4-5-10-19-14)20-18(24)22(17)12-7-13-23-2/h4-6,8-11,16-17H,3,7,12-13H2,1-2H3,(H,20,24)/t16-,17+/m0/s1. The first-order valence-electron chi connectivity index (χ1n) is 8.38. The number of pyridine rings is 1. The summed E-state index contributed by atoms with van der Waals surface area (Å²) in [5.41, 5.74) is 2.28. The van der Waals surface area contributed by atoms with Crippen LogP contribution in [0.5, 0.6) is 0 Å². The Kier molecular flexibility index (Phi) is 5.48. The topological polar surface area (TPSA) is 42.3 Å². The van der Waals surface area contributed by atoms with Crippen LogP contribution < -0.4 is 5.32 Å². The van der Waals surface area contributed by atoms with E-state index in [1.54, 1.807) is 7.11 Å². The van der Waals surface area contributed by atoms with Crippen LogP contribution in [-0.2, 0) is 11.3 Å². The zero-order valence-electron chi connectivity index (χ0n) is 14.2. The van der Waals surface area contributed by atoms with Crippen molar-refractivity contribution in [2.24, 2.45) is 0 Å². The highest BCUT2D eigenvalue weighted by Crippen LogP contribution is 2.38. The lowest BCUT2D eigenvalue weighted by Gasteiger charge is -2.28. The molecular weight excluding hydrogens is 320 g/mol. The van der Waals surface area contributed by atoms with Crippen molar-refractivity contribution in [2.75, 3.05) is 20.3 Å². The van der Waals surface area contributed by atoms with Crippen molar-refractivity contribution in [3.8, 4) is 0 Å². The maximum absolute atomic E-state index is 5.63. The predicted octanol–water partition coefficient (Wildman–Crippen LogP) is 2.91. The fourth-order valence-corrected chi connectivity index (χ4v) is 3.66. The Hall–Kier alpha value is -1.92. The zero-order valence-corrected chi connectivity index (χ0v) is 15.0. The minimum atomic E-state index is 0.0569. The number of aryl methyl sites for hydroxylation is 1. The number of rotatable bonds is 7. The Bertz CT molecular complexity index is 673. The van der Waals surface area contributed by atoms with Crippen molar-refractivity contribution < 1.29 is 4.74 Å². The third kappa shape index (κ3) is 3.30. The third-order valence-corrected chi connectivity index (χ3v) is 4.81. The molecule has 2 atom stereocenters. The van der Waals surface area contributed by atoms with Gasteiger partial charge in [-0.25, -0.2) is 0 Å². The molecule has 1 aliphatic heterocycles. The normalized spacial score (nSPS) is 20.4. The van der Waals surface area contributed by atoms with E-state index >= 15 is 0 Å². The molecule has 2 aromatic rings. The highest BCUT2D eigenvalue weighted by Gasteiger charge is 2.40. The summed E-state index contributed by atoms with van der Waals surface area (Å²) >= 11 is 5.63. The molecule has 1 aliphatic rings. The summed E-state index contributed by atoms with van der Waals surface area (Å²) in [6.07, 6.45) is 4.90. The van der Waals surface area contributed by atoms with Crippen molar-refractivity contribution >= 4 is 17.3 Å². The molecule has 0 aliphatic carbocycles. The van der Waals surface area contributed by atoms with Crippen molar-refractivity contribution in [3.63, 3.8) is 0 Å². The average molecular weight is 344 g/mol. The quantitative estimate of drug-likeness (QED) is 0.618. The van der Waals surface area contributed by atoms with E-state index < -0.39 is 0 Å². The minimum Gasteiger partial charge on any atom is -0.385 e. The van der Waals surface area contributed by atoms with E-state index in [1.165, 1.54) is 5.69 Å². The van der Waals surface area contributed by atoms with Gasteiger partial charge < -0.3 is 19.5 Å². The molecule has 3 rings (SSSR count). The number of hydrogen-bond donors (Lipinski definition) is 1. The Labute approximate surface area is 148 Å². The summed E-state index contributed by atoms with van der Waals surface area (Å²) in [6.45, 7) is 4.69. The van der Waals surface area contributed by atoms with Crippen LogP contribution in [0.25, 0.3) is 0 Å². The van der Waals surface area contributed by atoms with Crippen LogP contribution >= 0.6 is 12.2 Å². The molecule has 24 heavy (non-hydrogen) atoms. The Morgan fingerprint density at radius 1 is 1.29 bits per heavy atom. The van der Waals surface area contributed by atoms with Gasteiger partial charge in [-0.05, 0) is 49.8 Å². The van der Waals surface area contributed by atoms with Gasteiger partial charge in [-0.3, -0.25) is 4.98 Å². The molecule has 1 fully saturated rings. The smallest absolute Gasteiger partial charge is 0.170 e. The Morgan fingerprint density at radius 2 is 2.17 bits per heavy atom. The van der Waals surface area contributed by atoms with E-state index in [2.05, 4.69) is 51.1 Å². The van der Waals surface area contributed by atoms with Crippen LogP contribution in [0.1, 0.15) is 36.8 Å². The van der Waals surface area contributed by atoms with Crippen LogP contribution in [0.15, 0.2) is 42.7 Å². The molecule has 1 saturated heterocycles. The van der Waals surface area contributed by atoms with E-state index in [1.807, 2.05) is 18.3 Å². The van der Waals surface area contributed by atoms with Gasteiger partial charge in [-0.15, -0.1) is 0 Å². The van der Waals surface area contributed by atoms with E-state index in [-0.39, 0.29) is 12.1 Å². The summed E-state index contributed by atoms with van der Waals surface area (Å²) in [4.78, 5) is 6.83. The second-order valence-electron chi connectivity index (χ2n) is 5.89. The van der Waals surface area contributed by atoms with Gasteiger partial charge in [0, 0.05) is 44.9 Å². The van der Waals surface area contributed by atoms with Gasteiger partial charge in [-0.2, -0.15) is 0 Å². The first kappa shape index (κ1) is 16.9. The molecular formula is C18H24N4OS. The van der Waals surface area contributed by atoms with E-state index in [9.17, 15) is 0 Å². The van der Waals surface area contributed by atoms with Crippen LogP contribution in [0.4, 0.5) is 0 Å². The van der Waals surface area contributed by atoms with Gasteiger partial charge in [-0.1, -0.05) is 6.07 Å². The first-order chi connectivity index (χ1) is 11.8. The summed E-state index contributed by atoms with van der Waals surface area (Å²) in [7, 11) is 1.73. The van der Waals surface area contributed by atoms with Gasteiger partial charge in [0.2, 0.25) is 0 Å². The maximum atomic E-state index is 5.63. The predicted molar refractivity (Wildman–Crippen MR) is 98.8 cm³/mol. The Balaban J connectivity index is 1.95. The number of ether oxygens (including phenoxy) is 1. The molecule has 0 saturated carbocycles. The van der Waals surface area contributed by atoms with Crippen molar-refractivity contribution in [1.29, 1.82) is 0 Å². The molecule has 1 N–H and O–H groups in total. The van der Waals surface area contributed by atoms with Gasteiger partial charge >= 0.3 is 0 Å². The van der Waals surface area contributed by atoms with Gasteiger partial charge in [0.15, 0.2) is 5.11 Å². The fraction of sp³-hybridized carbons (Fsp3) is 0.444. The van der Waals surface area contributed by atoms with E-state index in [0.717, 1.165) is 36.9 Å². The molecule has 5 nitrogen and oxygen atoms in total. The third-order valence-electron chi connectivity index (χ3n) is 4.45. The largest absolute Gasteiger partial charge is 0.385 e. The fourth-order valence-electron chi connectivity index (χ4n) is 3.33. The number of aromatic nitrogens is 2. The lowest BCUT2D eigenvalue weighted by Crippen LogP contribution is -2.32. The summed E-state index contributed by atoms with van der Waals surface area (Å²) < 4.78 is 7.49. The molecule has 0 amide bonds. The maximum Gasteiger partial charge on any atom is 0.170 e. The number of nitrogens with one attached hydrogen (secondary N) is 1. The van der Waals surface area contributed by atoms with Crippen molar-refractivity contribution in [1.82, 2.24) is 19.8 Å². The van der Waals surface area contributed by atoms with Crippen molar-refractivity contribution in [2.45, 2.75) is 32.0 Å². The number of methoxy groups -OCH3 is 1. The van der Waals surface area contributed by atoms with Crippen LogP contribution in [-0.4, -0.2) is 39.8 Å². The lowest BCUT2D eigenvalue weighted by atomic mass is 10.0. The summed E-state index contributed by atoms with van der Waals surface area (Å²) in [6, 6.07) is 10.5. The highest BCUT2D eigenvalue weighted by molar-refractivity contribution is 7.80. The molecule has 0 unspecified atom stereocenters. The van der Waals surface area contributed by atoms with Gasteiger partial charge in [0.05, 0.1) is 17.8 Å². The van der Waals surface area contributed by atoms with Crippen molar-refractivity contribution in [3.05, 3.63) is 54.1 Å². The van der Waals surface area contributed by atoms with Crippen LogP contribution in [0, 0.1) is 0 Å². The highest BCUT2D eigenvalue weighted by atomic mass is 32.1. The molecule has 0 bridgehead atoms. The molecule has 2 aromatic heterocycles. The van der Waals surface area contributed by atoms with Gasteiger partial charge in [0.1, 0.15) is 0 Å². The first-order valence-corrected chi connectivity index (χ1v) is 8.79. The minimum absolute atomic E-state index is 0.0569. The molecule has 128 valence electrons. The average Bonchev–Trinajstić information content (AvgIpc) is 3.20. The van der Waals surface area contributed by atoms with E-state index in [0.29, 0.717) is 0 Å². The lowest BCUT2D eigenvalue weighted by molar-refractivity contribution is 0.179. The van der Waals surface area contributed by atoms with E-state index in [4.69, 9.17) is 17.0 Å². The molecule has 0 spiro atoms. The molecule has 6 heteroatoms. The second kappa shape index (κ2) is 7.77. The van der Waals surface area contributed by atoms with Gasteiger partial charge in [0.25, 0.3) is 0 Å². The summed E-state index contributed by atoms with van der Waals surface area (Å²) in [5.74, 6) is 0. The molecule has 0 radical (unpaired) electrons. The Morgan fingerprint density at radius 3 is 2.88 bits per heavy atom. The SMILES string of the molecule is CCn1cccc1[C@@H]1[C@H](c2ccccn2)NC(=S)N1CCCOC. The monoisotopic (exact) mass is 344 g/mol. The van der Waals surface area contributed by atoms with Crippen LogP contribution in [0.2, 0.25) is 0 Å². The molecule has 0 aromatic carbocycles. The zero-order chi connectivity index (χ0) is 16.9. The number of nitrogens with zero attached hydrogens (tertiary/aromatic N) is 3. The number of hydrogen-bond acceptors (Lipinski definition) is 3. The number of thiocarbonyl (C=S) groups is 1. The second-order valence-corrected chi connectivity index (χ2v) is 6.27.